The third kappa shape index (κ3) is 3.64. The van der Waals surface area contributed by atoms with E-state index in [1.54, 1.807) is 0 Å². The molecule has 0 unspecified atom stereocenters. The van der Waals surface area contributed by atoms with E-state index in [2.05, 4.69) is 20.1 Å². The van der Waals surface area contributed by atoms with Crippen LogP contribution in [0.3, 0.4) is 0 Å². The first-order valence-electron chi connectivity index (χ1n) is 8.51. The van der Waals surface area contributed by atoms with Gasteiger partial charge in [-0.25, -0.2) is 4.79 Å². The van der Waals surface area contributed by atoms with Crippen molar-refractivity contribution in [3.63, 3.8) is 0 Å². The topological polar surface area (TPSA) is 86.1 Å². The number of ether oxygens (including phenoxy) is 1. The minimum Gasteiger partial charge on any atom is -0.465 e. The monoisotopic (exact) mass is 394 g/mol. The molecule has 3 rings (SSSR count). The predicted molar refractivity (Wildman–Crippen MR) is 103 cm³/mol. The molecule has 0 spiro atoms. The van der Waals surface area contributed by atoms with Crippen LogP contribution >= 0.6 is 23.1 Å². The molecule has 9 heteroatoms. The normalized spacial score (nSPS) is 13.7. The first kappa shape index (κ1) is 18.9. The zero-order valence-electron chi connectivity index (χ0n) is 15.3. The van der Waals surface area contributed by atoms with Gasteiger partial charge >= 0.3 is 5.97 Å². The largest absolute Gasteiger partial charge is 0.465 e. The molecule has 2 heterocycles. The Morgan fingerprint density at radius 1 is 1.27 bits per heavy atom. The maximum atomic E-state index is 12.9. The van der Waals surface area contributed by atoms with Crippen LogP contribution in [0.5, 0.6) is 0 Å². The number of anilines is 1. The number of aromatic nitrogens is 3. The Kier molecular flexibility index (Phi) is 5.67. The van der Waals surface area contributed by atoms with Crippen molar-refractivity contribution in [2.24, 2.45) is 0 Å². The quantitative estimate of drug-likeness (QED) is 0.417. The van der Waals surface area contributed by atoms with Crippen molar-refractivity contribution in [1.82, 2.24) is 14.8 Å². The van der Waals surface area contributed by atoms with E-state index in [-0.39, 0.29) is 11.5 Å². The van der Waals surface area contributed by atoms with Crippen LogP contribution < -0.4 is 5.32 Å². The van der Waals surface area contributed by atoms with Crippen molar-refractivity contribution >= 4 is 40.0 Å². The summed E-state index contributed by atoms with van der Waals surface area (Å²) in [7, 11) is 1.35. The molecule has 1 N–H and O–H groups in total. The number of carbonyl (C=O) groups excluding carboxylic acids is 2. The summed E-state index contributed by atoms with van der Waals surface area (Å²) in [6.45, 7) is 6.55. The summed E-state index contributed by atoms with van der Waals surface area (Å²) >= 11 is 2.76. The van der Waals surface area contributed by atoms with Crippen LogP contribution in [0.25, 0.3) is 0 Å². The number of carbonyl (C=O) groups is 2. The maximum absolute atomic E-state index is 12.9. The molecule has 1 fully saturated rings. The lowest BCUT2D eigenvalue weighted by Gasteiger charge is -2.07. The Balaban J connectivity index is 1.83. The van der Waals surface area contributed by atoms with Crippen LogP contribution in [0, 0.1) is 13.8 Å². The SMILES string of the molecule is CCNc1nnc(SCC(=O)c2c(C(=O)OC)c(C)n(C3CC3)c2C)s1. The van der Waals surface area contributed by atoms with Gasteiger partial charge in [0, 0.05) is 24.0 Å². The van der Waals surface area contributed by atoms with E-state index in [1.165, 1.54) is 30.2 Å². The highest BCUT2D eigenvalue weighted by Gasteiger charge is 2.34. The molecule has 0 aliphatic heterocycles. The highest BCUT2D eigenvalue weighted by atomic mass is 32.2. The summed E-state index contributed by atoms with van der Waals surface area (Å²) < 4.78 is 7.77. The molecule has 0 aromatic carbocycles. The van der Waals surface area contributed by atoms with E-state index < -0.39 is 5.97 Å². The van der Waals surface area contributed by atoms with Gasteiger partial charge < -0.3 is 14.6 Å². The molecular weight excluding hydrogens is 372 g/mol. The maximum Gasteiger partial charge on any atom is 0.340 e. The summed E-state index contributed by atoms with van der Waals surface area (Å²) in [5, 5.41) is 11.9. The van der Waals surface area contributed by atoms with Crippen LogP contribution in [0.15, 0.2) is 4.34 Å². The number of esters is 1. The molecule has 0 amide bonds. The van der Waals surface area contributed by atoms with E-state index in [4.69, 9.17) is 4.74 Å². The highest BCUT2D eigenvalue weighted by Crippen LogP contribution is 2.40. The molecular formula is C17H22N4O3S2. The van der Waals surface area contributed by atoms with Crippen molar-refractivity contribution in [2.75, 3.05) is 24.7 Å². The van der Waals surface area contributed by atoms with E-state index in [0.29, 0.717) is 17.2 Å². The number of Topliss-reactive ketones (excluding diaryl/α,β-unsaturated/α-hetero) is 1. The van der Waals surface area contributed by atoms with Gasteiger partial charge in [0.1, 0.15) is 0 Å². The van der Waals surface area contributed by atoms with Crippen LogP contribution in [0.4, 0.5) is 5.13 Å². The standard InChI is InChI=1S/C17H22N4O3S2/c1-5-18-16-19-20-17(26-16)25-8-12(22)13-9(2)21(11-6-7-11)10(3)14(13)15(23)24-4/h11H,5-8H2,1-4H3,(H,18,19). The minimum absolute atomic E-state index is 0.0874. The fourth-order valence-electron chi connectivity index (χ4n) is 3.12. The smallest absolute Gasteiger partial charge is 0.340 e. The number of ketones is 1. The van der Waals surface area contributed by atoms with E-state index in [9.17, 15) is 9.59 Å². The summed E-state index contributed by atoms with van der Waals surface area (Å²) in [5.41, 5.74) is 2.54. The third-order valence-corrected chi connectivity index (χ3v) is 6.35. The Labute approximate surface area is 160 Å². The molecule has 2 aromatic rings. The number of methoxy groups -OCH3 is 1. The van der Waals surface area contributed by atoms with Gasteiger partial charge in [-0.05, 0) is 33.6 Å². The molecule has 26 heavy (non-hydrogen) atoms. The van der Waals surface area contributed by atoms with Gasteiger partial charge in [-0.1, -0.05) is 23.1 Å². The van der Waals surface area contributed by atoms with Crippen LogP contribution in [-0.4, -0.2) is 45.9 Å². The number of nitrogens with one attached hydrogen (secondary N) is 1. The average Bonchev–Trinajstić information content (AvgIpc) is 3.28. The van der Waals surface area contributed by atoms with Crippen molar-refractivity contribution in [3.8, 4) is 0 Å². The lowest BCUT2D eigenvalue weighted by Crippen LogP contribution is -2.12. The number of hydrogen-bond donors (Lipinski definition) is 1. The lowest BCUT2D eigenvalue weighted by atomic mass is 10.1. The van der Waals surface area contributed by atoms with E-state index >= 15 is 0 Å². The van der Waals surface area contributed by atoms with Gasteiger partial charge in [0.2, 0.25) is 5.13 Å². The lowest BCUT2D eigenvalue weighted by molar-refractivity contribution is 0.0596. The van der Waals surface area contributed by atoms with Gasteiger partial charge in [0.15, 0.2) is 10.1 Å². The third-order valence-electron chi connectivity index (χ3n) is 4.34. The first-order chi connectivity index (χ1) is 12.5. The molecule has 0 saturated heterocycles. The second-order valence-corrected chi connectivity index (χ2v) is 8.33. The Bertz CT molecular complexity index is 839. The first-order valence-corrected chi connectivity index (χ1v) is 10.3. The molecule has 1 aliphatic carbocycles. The van der Waals surface area contributed by atoms with Gasteiger partial charge in [-0.2, -0.15) is 0 Å². The van der Waals surface area contributed by atoms with E-state index in [0.717, 1.165) is 40.2 Å². The van der Waals surface area contributed by atoms with Gasteiger partial charge in [-0.15, -0.1) is 10.2 Å². The zero-order valence-corrected chi connectivity index (χ0v) is 16.9. The number of thioether (sulfide) groups is 1. The number of nitrogens with zero attached hydrogens (tertiary/aromatic N) is 3. The molecule has 7 nitrogen and oxygen atoms in total. The van der Waals surface area contributed by atoms with Crippen LogP contribution in [-0.2, 0) is 4.74 Å². The Morgan fingerprint density at radius 3 is 2.58 bits per heavy atom. The van der Waals surface area contributed by atoms with Gasteiger partial charge in [0.05, 0.1) is 24.0 Å². The minimum atomic E-state index is -0.455. The molecule has 1 saturated carbocycles. The predicted octanol–water partition coefficient (Wildman–Crippen LogP) is 3.48. The van der Waals surface area contributed by atoms with Crippen LogP contribution in [0.1, 0.15) is 57.9 Å². The van der Waals surface area contributed by atoms with Crippen molar-refractivity contribution in [2.45, 2.75) is 44.0 Å². The molecule has 2 aromatic heterocycles. The molecule has 1 aliphatic rings. The average molecular weight is 395 g/mol. The summed E-state index contributed by atoms with van der Waals surface area (Å²) in [6.07, 6.45) is 2.16. The zero-order chi connectivity index (χ0) is 18.8. The van der Waals surface area contributed by atoms with Crippen molar-refractivity contribution < 1.29 is 14.3 Å². The number of hydrogen-bond acceptors (Lipinski definition) is 8. The molecule has 0 atom stereocenters. The second kappa shape index (κ2) is 7.79. The summed E-state index contributed by atoms with van der Waals surface area (Å²) in [4.78, 5) is 25.2. The number of rotatable bonds is 8. The summed E-state index contributed by atoms with van der Waals surface area (Å²) in [5.74, 6) is -0.334. The van der Waals surface area contributed by atoms with Gasteiger partial charge in [0.25, 0.3) is 0 Å². The molecule has 0 bridgehead atoms. The highest BCUT2D eigenvalue weighted by molar-refractivity contribution is 8.01. The molecule has 140 valence electrons. The fraction of sp³-hybridized carbons (Fsp3) is 0.529. The Hall–Kier alpha value is -1.87. The summed E-state index contributed by atoms with van der Waals surface area (Å²) in [6, 6.07) is 0.387. The molecule has 0 radical (unpaired) electrons. The van der Waals surface area contributed by atoms with Crippen molar-refractivity contribution in [1.29, 1.82) is 0 Å². The fourth-order valence-corrected chi connectivity index (χ4v) is 4.81. The van der Waals surface area contributed by atoms with Crippen molar-refractivity contribution in [3.05, 3.63) is 22.5 Å². The van der Waals surface area contributed by atoms with E-state index in [1.807, 2.05) is 20.8 Å². The van der Waals surface area contributed by atoms with Crippen LogP contribution in [0.2, 0.25) is 0 Å². The second-order valence-electron chi connectivity index (χ2n) is 6.13. The van der Waals surface area contributed by atoms with Gasteiger partial charge in [-0.3, -0.25) is 4.79 Å². The Morgan fingerprint density at radius 2 is 1.96 bits per heavy atom.